The molecule has 0 aliphatic heterocycles. The number of ether oxygens (including phenoxy) is 1. The van der Waals surface area contributed by atoms with Crippen molar-refractivity contribution in [3.63, 3.8) is 0 Å². The summed E-state index contributed by atoms with van der Waals surface area (Å²) in [5.41, 5.74) is 0.819. The Hall–Kier alpha value is -2.37. The van der Waals surface area contributed by atoms with Crippen molar-refractivity contribution in [1.29, 1.82) is 0 Å². The van der Waals surface area contributed by atoms with Gasteiger partial charge >= 0.3 is 0 Å². The van der Waals surface area contributed by atoms with E-state index in [1.807, 2.05) is 12.1 Å². The number of fused-ring (bicyclic) bond motifs is 2. The maximum atomic E-state index is 12.2. The van der Waals surface area contributed by atoms with Crippen LogP contribution in [0.2, 0.25) is 0 Å². The molecule has 1 aromatic heterocycles. The molecule has 1 N–H and O–H groups in total. The van der Waals surface area contributed by atoms with Crippen molar-refractivity contribution in [3.05, 3.63) is 30.7 Å². The zero-order valence-corrected chi connectivity index (χ0v) is 14.4. The minimum Gasteiger partial charge on any atom is -0.484 e. The van der Waals surface area contributed by atoms with E-state index in [2.05, 4.69) is 22.4 Å². The van der Waals surface area contributed by atoms with Crippen molar-refractivity contribution in [2.75, 3.05) is 6.61 Å². The van der Waals surface area contributed by atoms with Crippen LogP contribution in [-0.2, 0) is 4.79 Å². The minimum atomic E-state index is -0.0590. The molecule has 2 fully saturated rings. The zero-order valence-electron chi connectivity index (χ0n) is 14.4. The fraction of sp³-hybridized carbons (Fsp3) is 0.526. The van der Waals surface area contributed by atoms with Gasteiger partial charge in [-0.2, -0.15) is 0 Å². The molecule has 25 heavy (non-hydrogen) atoms. The summed E-state index contributed by atoms with van der Waals surface area (Å²) in [4.78, 5) is 12.2. The fourth-order valence-electron chi connectivity index (χ4n) is 4.45. The van der Waals surface area contributed by atoms with Crippen molar-refractivity contribution >= 4 is 5.91 Å². The monoisotopic (exact) mass is 341 g/mol. The molecule has 0 spiro atoms. The quantitative estimate of drug-likeness (QED) is 0.874. The van der Waals surface area contributed by atoms with Crippen LogP contribution in [0.3, 0.4) is 0 Å². The first-order chi connectivity index (χ1) is 12.2. The molecule has 1 amide bonds. The van der Waals surface area contributed by atoms with E-state index in [1.54, 1.807) is 12.1 Å². The van der Waals surface area contributed by atoms with Crippen molar-refractivity contribution in [1.82, 2.24) is 15.5 Å². The second-order valence-corrected chi connectivity index (χ2v) is 7.25. The number of rotatable bonds is 6. The Kier molecular flexibility index (Phi) is 4.42. The van der Waals surface area contributed by atoms with Crippen LogP contribution in [0.25, 0.3) is 11.5 Å². The summed E-state index contributed by atoms with van der Waals surface area (Å²) in [6, 6.07) is 7.49. The van der Waals surface area contributed by atoms with E-state index < -0.39 is 0 Å². The lowest BCUT2D eigenvalue weighted by molar-refractivity contribution is -0.124. The van der Waals surface area contributed by atoms with Crippen molar-refractivity contribution < 1.29 is 13.9 Å². The van der Waals surface area contributed by atoms with E-state index in [1.165, 1.54) is 32.1 Å². The van der Waals surface area contributed by atoms with Crippen LogP contribution in [0.15, 0.2) is 35.1 Å². The lowest BCUT2D eigenvalue weighted by atomic mass is 9.84. The molecule has 6 nitrogen and oxygen atoms in total. The van der Waals surface area contributed by atoms with Gasteiger partial charge in [-0.25, -0.2) is 0 Å². The summed E-state index contributed by atoms with van der Waals surface area (Å²) in [7, 11) is 0. The van der Waals surface area contributed by atoms with Gasteiger partial charge in [0.15, 0.2) is 6.61 Å². The molecule has 4 rings (SSSR count). The average Bonchev–Trinajstić information content (AvgIpc) is 3.37. The minimum absolute atomic E-state index is 0.0328. The highest BCUT2D eigenvalue weighted by molar-refractivity contribution is 5.77. The van der Waals surface area contributed by atoms with E-state index in [9.17, 15) is 4.79 Å². The number of amides is 1. The number of hydrogen-bond donors (Lipinski definition) is 1. The molecule has 2 saturated carbocycles. The van der Waals surface area contributed by atoms with Gasteiger partial charge in [0.1, 0.15) is 5.75 Å². The van der Waals surface area contributed by atoms with Crippen LogP contribution in [-0.4, -0.2) is 28.8 Å². The molecular formula is C19H23N3O3. The Morgan fingerprint density at radius 1 is 1.32 bits per heavy atom. The third-order valence-corrected chi connectivity index (χ3v) is 5.65. The Labute approximate surface area is 147 Å². The first-order valence-corrected chi connectivity index (χ1v) is 8.98. The van der Waals surface area contributed by atoms with Gasteiger partial charge in [-0.3, -0.25) is 4.79 Å². The van der Waals surface area contributed by atoms with Crippen LogP contribution in [0.5, 0.6) is 5.75 Å². The van der Waals surface area contributed by atoms with E-state index >= 15 is 0 Å². The second-order valence-electron chi connectivity index (χ2n) is 7.25. The van der Waals surface area contributed by atoms with Gasteiger partial charge < -0.3 is 14.5 Å². The summed E-state index contributed by atoms with van der Waals surface area (Å²) in [6.45, 7) is 2.16. The number of nitrogens with zero attached hydrogens (tertiary/aromatic N) is 2. The Morgan fingerprint density at radius 3 is 2.80 bits per heavy atom. The normalized spacial score (nSPS) is 25.7. The van der Waals surface area contributed by atoms with Gasteiger partial charge in [-0.15, -0.1) is 10.2 Å². The molecule has 2 aliphatic rings. The zero-order chi connectivity index (χ0) is 17.2. The lowest BCUT2D eigenvalue weighted by Crippen LogP contribution is -2.42. The second kappa shape index (κ2) is 6.86. The highest BCUT2D eigenvalue weighted by atomic mass is 16.5. The van der Waals surface area contributed by atoms with Crippen molar-refractivity contribution in [2.45, 2.75) is 38.6 Å². The van der Waals surface area contributed by atoms with Crippen LogP contribution >= 0.6 is 0 Å². The van der Waals surface area contributed by atoms with Crippen molar-refractivity contribution in [3.8, 4) is 17.2 Å². The SMILES string of the molecule is C[C@@H](NC(=O)COc1ccc(-c2nnco2)cc1)[C@H]1C[C@@H]2CC[C@@H]1C2. The molecule has 2 aromatic rings. The smallest absolute Gasteiger partial charge is 0.258 e. The Morgan fingerprint density at radius 2 is 2.16 bits per heavy atom. The third-order valence-electron chi connectivity index (χ3n) is 5.65. The molecule has 0 unspecified atom stereocenters. The lowest BCUT2D eigenvalue weighted by Gasteiger charge is -2.28. The molecule has 1 aromatic carbocycles. The van der Waals surface area contributed by atoms with Crippen LogP contribution in [0.4, 0.5) is 0 Å². The summed E-state index contributed by atoms with van der Waals surface area (Å²) in [5, 5.41) is 10.6. The first kappa shape index (κ1) is 16.1. The summed E-state index contributed by atoms with van der Waals surface area (Å²) in [5.74, 6) is 3.38. The van der Waals surface area contributed by atoms with E-state index in [4.69, 9.17) is 9.15 Å². The number of nitrogens with one attached hydrogen (secondary N) is 1. The van der Waals surface area contributed by atoms with Gasteiger partial charge in [0.2, 0.25) is 12.3 Å². The molecule has 2 aliphatic carbocycles. The highest BCUT2D eigenvalue weighted by Crippen LogP contribution is 2.49. The van der Waals surface area contributed by atoms with Crippen LogP contribution in [0, 0.1) is 17.8 Å². The molecule has 6 heteroatoms. The first-order valence-electron chi connectivity index (χ1n) is 8.98. The third kappa shape index (κ3) is 3.52. The van der Waals surface area contributed by atoms with Crippen LogP contribution < -0.4 is 10.1 Å². The van der Waals surface area contributed by atoms with Gasteiger partial charge in [-0.1, -0.05) is 6.42 Å². The molecular weight excluding hydrogens is 318 g/mol. The Balaban J connectivity index is 1.26. The predicted molar refractivity (Wildman–Crippen MR) is 91.8 cm³/mol. The molecule has 0 saturated heterocycles. The topological polar surface area (TPSA) is 77.2 Å². The fourth-order valence-corrected chi connectivity index (χ4v) is 4.45. The maximum absolute atomic E-state index is 12.2. The molecule has 0 radical (unpaired) electrons. The average molecular weight is 341 g/mol. The maximum Gasteiger partial charge on any atom is 0.258 e. The number of carbonyl (C=O) groups is 1. The number of aromatic nitrogens is 2. The Bertz CT molecular complexity index is 714. The van der Waals surface area contributed by atoms with Gasteiger partial charge in [0.25, 0.3) is 5.91 Å². The number of carbonyl (C=O) groups excluding carboxylic acids is 1. The molecule has 4 atom stereocenters. The van der Waals surface area contributed by atoms with Gasteiger partial charge in [0.05, 0.1) is 0 Å². The highest BCUT2D eigenvalue weighted by Gasteiger charge is 2.42. The van der Waals surface area contributed by atoms with E-state index in [0.717, 1.165) is 17.4 Å². The standard InChI is InChI=1S/C19H23N3O3/c1-12(17-9-13-2-3-15(17)8-13)21-18(23)10-24-16-6-4-14(5-7-16)19-22-20-11-25-19/h4-7,11-13,15,17H,2-3,8-10H2,1H3,(H,21,23)/t12-,13-,15-,17-/m1/s1. The number of hydrogen-bond acceptors (Lipinski definition) is 5. The van der Waals surface area contributed by atoms with Gasteiger partial charge in [-0.05, 0) is 68.2 Å². The molecule has 2 bridgehead atoms. The van der Waals surface area contributed by atoms with Crippen molar-refractivity contribution in [2.24, 2.45) is 17.8 Å². The molecule has 1 heterocycles. The predicted octanol–water partition coefficient (Wildman–Crippen LogP) is 3.06. The van der Waals surface area contributed by atoms with Crippen LogP contribution in [0.1, 0.15) is 32.6 Å². The van der Waals surface area contributed by atoms with E-state index in [-0.39, 0.29) is 18.6 Å². The summed E-state index contributed by atoms with van der Waals surface area (Å²) in [6.07, 6.45) is 6.63. The summed E-state index contributed by atoms with van der Waals surface area (Å²) < 4.78 is 10.7. The number of benzene rings is 1. The summed E-state index contributed by atoms with van der Waals surface area (Å²) >= 11 is 0. The molecule has 132 valence electrons. The van der Waals surface area contributed by atoms with E-state index in [0.29, 0.717) is 17.6 Å². The largest absolute Gasteiger partial charge is 0.484 e. The van der Waals surface area contributed by atoms with Gasteiger partial charge in [0, 0.05) is 11.6 Å².